The molecule has 2 aromatic carbocycles. The van der Waals surface area contributed by atoms with Crippen molar-refractivity contribution in [2.75, 3.05) is 41.0 Å². The van der Waals surface area contributed by atoms with E-state index in [0.717, 1.165) is 39.6 Å². The first kappa shape index (κ1) is 24.0. The Morgan fingerprint density at radius 1 is 1.12 bits per heavy atom. The lowest BCUT2D eigenvalue weighted by atomic mass is 9.87. The van der Waals surface area contributed by atoms with Crippen LogP contribution in [0.3, 0.4) is 0 Å². The Kier molecular flexibility index (Phi) is 7.09. The fourth-order valence-corrected chi connectivity index (χ4v) is 4.91. The molecular weight excluding hydrogens is 450 g/mol. The number of aromatic amines is 1. The molecule has 2 N–H and O–H groups in total. The van der Waals surface area contributed by atoms with E-state index in [9.17, 15) is 4.79 Å². The van der Waals surface area contributed by atoms with Gasteiger partial charge in [0.1, 0.15) is 0 Å². The van der Waals surface area contributed by atoms with Crippen LogP contribution in [-0.4, -0.2) is 56.0 Å². The number of hydrogen-bond donors (Lipinski definition) is 2. The van der Waals surface area contributed by atoms with Gasteiger partial charge in [-0.1, -0.05) is 12.1 Å². The first-order valence-electron chi connectivity index (χ1n) is 11.3. The van der Waals surface area contributed by atoms with Gasteiger partial charge in [0.15, 0.2) is 16.6 Å². The third kappa shape index (κ3) is 4.35. The standard InChI is InChI=1S/C26H31N3O4S/c1-15-6-7-18-12-20(25(30)28-23(18)16(15)2)24-19-14-22(33-5)21(32-4)13-17(19)8-10-29(24)26(34)27-9-11-31-3/h6-7,12-14,24H,8-11H2,1-5H3,(H,27,34)(H,28,30). The van der Waals surface area contributed by atoms with Gasteiger partial charge in [-0.25, -0.2) is 0 Å². The van der Waals surface area contributed by atoms with E-state index < -0.39 is 0 Å². The van der Waals surface area contributed by atoms with Crippen LogP contribution in [0.5, 0.6) is 11.5 Å². The number of aryl methyl sites for hydroxylation is 2. The van der Waals surface area contributed by atoms with Gasteiger partial charge in [-0.3, -0.25) is 4.79 Å². The lowest BCUT2D eigenvalue weighted by Gasteiger charge is -2.39. The number of hydrogen-bond acceptors (Lipinski definition) is 5. The van der Waals surface area contributed by atoms with Crippen molar-refractivity contribution in [2.24, 2.45) is 0 Å². The molecule has 8 heteroatoms. The van der Waals surface area contributed by atoms with Gasteiger partial charge in [-0.15, -0.1) is 0 Å². The van der Waals surface area contributed by atoms with Crippen molar-refractivity contribution in [3.8, 4) is 11.5 Å². The average Bonchev–Trinajstić information content (AvgIpc) is 2.85. The molecule has 0 saturated heterocycles. The monoisotopic (exact) mass is 481 g/mol. The predicted molar refractivity (Wildman–Crippen MR) is 138 cm³/mol. The fourth-order valence-electron chi connectivity index (χ4n) is 4.61. The molecule has 1 unspecified atom stereocenters. The third-order valence-electron chi connectivity index (χ3n) is 6.59. The van der Waals surface area contributed by atoms with Crippen LogP contribution in [0.15, 0.2) is 35.1 Å². The molecule has 1 aromatic heterocycles. The highest BCUT2D eigenvalue weighted by molar-refractivity contribution is 7.80. The number of aromatic nitrogens is 1. The van der Waals surface area contributed by atoms with E-state index in [0.29, 0.717) is 41.9 Å². The molecule has 0 radical (unpaired) electrons. The Morgan fingerprint density at radius 3 is 2.56 bits per heavy atom. The summed E-state index contributed by atoms with van der Waals surface area (Å²) >= 11 is 5.77. The second-order valence-electron chi connectivity index (χ2n) is 8.50. The maximum Gasteiger partial charge on any atom is 0.254 e. The van der Waals surface area contributed by atoms with Crippen molar-refractivity contribution in [1.29, 1.82) is 0 Å². The van der Waals surface area contributed by atoms with Gasteiger partial charge in [0.25, 0.3) is 5.56 Å². The van der Waals surface area contributed by atoms with Gasteiger partial charge in [0.2, 0.25) is 0 Å². The molecule has 4 rings (SSSR count). The number of fused-ring (bicyclic) bond motifs is 2. The number of thiocarbonyl (C=S) groups is 1. The summed E-state index contributed by atoms with van der Waals surface area (Å²) < 4.78 is 16.3. The zero-order valence-electron chi connectivity index (χ0n) is 20.3. The Labute approximate surface area is 205 Å². The van der Waals surface area contributed by atoms with E-state index in [4.69, 9.17) is 26.4 Å². The number of ether oxygens (including phenoxy) is 3. The Hall–Kier alpha value is -3.10. The minimum Gasteiger partial charge on any atom is -0.493 e. The molecule has 0 saturated carbocycles. The largest absolute Gasteiger partial charge is 0.493 e. The van der Waals surface area contributed by atoms with Gasteiger partial charge in [0, 0.05) is 25.8 Å². The molecule has 0 bridgehead atoms. The van der Waals surface area contributed by atoms with Gasteiger partial charge >= 0.3 is 0 Å². The number of pyridine rings is 1. The van der Waals surface area contributed by atoms with Crippen LogP contribution in [-0.2, 0) is 11.2 Å². The van der Waals surface area contributed by atoms with Gasteiger partial charge in [-0.2, -0.15) is 0 Å². The molecule has 1 aliphatic rings. The van der Waals surface area contributed by atoms with E-state index in [1.165, 1.54) is 0 Å². The minimum atomic E-state index is -0.374. The van der Waals surface area contributed by atoms with Crippen LogP contribution < -0.4 is 20.3 Å². The summed E-state index contributed by atoms with van der Waals surface area (Å²) in [4.78, 5) is 18.7. The van der Waals surface area contributed by atoms with Gasteiger partial charge in [-0.05, 0) is 78.3 Å². The van der Waals surface area contributed by atoms with E-state index in [1.54, 1.807) is 21.3 Å². The van der Waals surface area contributed by atoms with Gasteiger partial charge in [0.05, 0.1) is 32.4 Å². The lowest BCUT2D eigenvalue weighted by molar-refractivity contribution is 0.202. The van der Waals surface area contributed by atoms with E-state index in [-0.39, 0.29) is 11.6 Å². The second kappa shape index (κ2) is 10.0. The maximum atomic E-state index is 13.5. The maximum absolute atomic E-state index is 13.5. The lowest BCUT2D eigenvalue weighted by Crippen LogP contribution is -2.47. The Balaban J connectivity index is 1.90. The highest BCUT2D eigenvalue weighted by atomic mass is 32.1. The number of rotatable bonds is 6. The number of nitrogens with one attached hydrogen (secondary N) is 2. The second-order valence-corrected chi connectivity index (χ2v) is 8.89. The highest BCUT2D eigenvalue weighted by Gasteiger charge is 2.33. The summed E-state index contributed by atoms with van der Waals surface area (Å²) in [6.07, 6.45) is 0.766. The van der Waals surface area contributed by atoms with Gasteiger partial charge < -0.3 is 29.4 Å². The molecular formula is C26H31N3O4S. The molecule has 3 aromatic rings. The third-order valence-corrected chi connectivity index (χ3v) is 6.97. The van der Waals surface area contributed by atoms with Crippen molar-refractivity contribution < 1.29 is 14.2 Å². The van der Waals surface area contributed by atoms with Crippen molar-refractivity contribution >= 4 is 28.2 Å². The van der Waals surface area contributed by atoms with E-state index in [1.807, 2.05) is 32.0 Å². The van der Waals surface area contributed by atoms with Crippen LogP contribution in [0.2, 0.25) is 0 Å². The SMILES string of the molecule is COCCNC(=S)N1CCc2cc(OC)c(OC)cc2C1c1cc2ccc(C)c(C)c2[nH]c1=O. The molecule has 34 heavy (non-hydrogen) atoms. The van der Waals surface area contributed by atoms with Crippen molar-refractivity contribution in [1.82, 2.24) is 15.2 Å². The zero-order valence-corrected chi connectivity index (χ0v) is 21.1. The van der Waals surface area contributed by atoms with Crippen LogP contribution in [0.4, 0.5) is 0 Å². The number of benzene rings is 2. The van der Waals surface area contributed by atoms with E-state index >= 15 is 0 Å². The first-order chi connectivity index (χ1) is 16.4. The summed E-state index contributed by atoms with van der Waals surface area (Å²) in [5.41, 5.74) is 5.68. The summed E-state index contributed by atoms with van der Waals surface area (Å²) in [5, 5.41) is 4.85. The number of nitrogens with zero attached hydrogens (tertiary/aromatic N) is 1. The van der Waals surface area contributed by atoms with Crippen molar-refractivity contribution in [3.05, 3.63) is 68.5 Å². The molecule has 2 heterocycles. The smallest absolute Gasteiger partial charge is 0.254 e. The minimum absolute atomic E-state index is 0.126. The topological polar surface area (TPSA) is 75.8 Å². The molecule has 0 aliphatic carbocycles. The zero-order chi connectivity index (χ0) is 24.4. The normalized spacial score (nSPS) is 15.2. The number of methoxy groups -OCH3 is 3. The van der Waals surface area contributed by atoms with Crippen LogP contribution in [0.25, 0.3) is 10.9 Å². The van der Waals surface area contributed by atoms with Crippen molar-refractivity contribution in [3.63, 3.8) is 0 Å². The van der Waals surface area contributed by atoms with Crippen LogP contribution in [0.1, 0.15) is 33.9 Å². The molecule has 0 amide bonds. The quantitative estimate of drug-likeness (QED) is 0.411. The predicted octanol–water partition coefficient (Wildman–Crippen LogP) is 3.63. The summed E-state index contributed by atoms with van der Waals surface area (Å²) in [5.74, 6) is 1.29. The fraction of sp³-hybridized carbons (Fsp3) is 0.385. The average molecular weight is 482 g/mol. The molecule has 0 spiro atoms. The molecule has 7 nitrogen and oxygen atoms in total. The molecule has 0 fully saturated rings. The molecule has 1 atom stereocenters. The summed E-state index contributed by atoms with van der Waals surface area (Å²) in [7, 11) is 4.90. The highest BCUT2D eigenvalue weighted by Crippen LogP contribution is 2.40. The molecule has 180 valence electrons. The Bertz CT molecular complexity index is 1290. The summed E-state index contributed by atoms with van der Waals surface area (Å²) in [6.45, 7) is 5.86. The van der Waals surface area contributed by atoms with Crippen LogP contribution >= 0.6 is 12.2 Å². The summed E-state index contributed by atoms with van der Waals surface area (Å²) in [6, 6.07) is 9.71. The van der Waals surface area contributed by atoms with E-state index in [2.05, 4.69) is 27.3 Å². The van der Waals surface area contributed by atoms with Crippen molar-refractivity contribution in [2.45, 2.75) is 26.3 Å². The first-order valence-corrected chi connectivity index (χ1v) is 11.7. The molecule has 1 aliphatic heterocycles. The number of H-pyrrole nitrogens is 1. The Morgan fingerprint density at radius 2 is 1.85 bits per heavy atom. The van der Waals surface area contributed by atoms with Crippen LogP contribution in [0, 0.1) is 13.8 Å².